The fourth-order valence-electron chi connectivity index (χ4n) is 2.58. The van der Waals surface area contributed by atoms with Crippen LogP contribution < -0.4 is 5.56 Å². The Balaban J connectivity index is 2.64. The topological polar surface area (TPSA) is 108 Å². The number of aryl methyl sites for hydroxylation is 1. The molecule has 7 nitrogen and oxygen atoms in total. The Morgan fingerprint density at radius 2 is 2.14 bits per heavy atom. The van der Waals surface area contributed by atoms with E-state index in [0.717, 1.165) is 0 Å². The Morgan fingerprint density at radius 1 is 1.45 bits per heavy atom. The van der Waals surface area contributed by atoms with Crippen LogP contribution in [0.1, 0.15) is 49.2 Å². The van der Waals surface area contributed by atoms with Crippen LogP contribution in [0.3, 0.4) is 0 Å². The molecule has 0 aliphatic rings. The highest BCUT2D eigenvalue weighted by Gasteiger charge is 2.27. The number of aliphatic carboxylic acids is 1. The first-order valence-corrected chi connectivity index (χ1v) is 6.99. The SMILES string of the molecule is Cc1cc(O)c([C@H](CC(=O)O)c2ccnn2C(C)C)c(=O)[nH]1. The van der Waals surface area contributed by atoms with Crippen molar-refractivity contribution in [1.82, 2.24) is 14.8 Å². The van der Waals surface area contributed by atoms with Gasteiger partial charge in [-0.25, -0.2) is 0 Å². The second-order valence-electron chi connectivity index (χ2n) is 5.53. The number of nitrogens with one attached hydrogen (secondary N) is 1. The van der Waals surface area contributed by atoms with Crippen molar-refractivity contribution >= 4 is 5.97 Å². The molecule has 2 rings (SSSR count). The van der Waals surface area contributed by atoms with Crippen molar-refractivity contribution in [1.29, 1.82) is 0 Å². The van der Waals surface area contributed by atoms with Crippen molar-refractivity contribution < 1.29 is 15.0 Å². The van der Waals surface area contributed by atoms with Gasteiger partial charge in [0.1, 0.15) is 5.75 Å². The lowest BCUT2D eigenvalue weighted by molar-refractivity contribution is -0.137. The highest BCUT2D eigenvalue weighted by Crippen LogP contribution is 2.32. The first-order chi connectivity index (χ1) is 10.3. The number of aromatic nitrogens is 3. The number of rotatable bonds is 5. The normalized spacial score (nSPS) is 12.5. The third-order valence-corrected chi connectivity index (χ3v) is 3.46. The van der Waals surface area contributed by atoms with Crippen LogP contribution in [0.15, 0.2) is 23.1 Å². The fraction of sp³-hybridized carbons (Fsp3) is 0.400. The van der Waals surface area contributed by atoms with Gasteiger partial charge >= 0.3 is 5.97 Å². The van der Waals surface area contributed by atoms with E-state index in [-0.39, 0.29) is 23.8 Å². The molecule has 22 heavy (non-hydrogen) atoms. The molecule has 7 heteroatoms. The molecular formula is C15H19N3O4. The Labute approximate surface area is 127 Å². The molecule has 0 unspecified atom stereocenters. The van der Waals surface area contributed by atoms with E-state index >= 15 is 0 Å². The number of aromatic hydroxyl groups is 1. The molecule has 2 aromatic heterocycles. The predicted octanol–water partition coefficient (Wildman–Crippen LogP) is 1.77. The van der Waals surface area contributed by atoms with Gasteiger partial charge in [-0.15, -0.1) is 0 Å². The van der Waals surface area contributed by atoms with Crippen molar-refractivity contribution in [3.63, 3.8) is 0 Å². The molecular weight excluding hydrogens is 286 g/mol. The summed E-state index contributed by atoms with van der Waals surface area (Å²) in [5.41, 5.74) is 0.662. The molecule has 0 fully saturated rings. The molecule has 0 amide bonds. The number of carbonyl (C=O) groups is 1. The van der Waals surface area contributed by atoms with Gasteiger partial charge in [-0.2, -0.15) is 5.10 Å². The summed E-state index contributed by atoms with van der Waals surface area (Å²) in [6.45, 7) is 5.47. The van der Waals surface area contributed by atoms with Gasteiger partial charge in [-0.3, -0.25) is 14.3 Å². The molecule has 3 N–H and O–H groups in total. The third kappa shape index (κ3) is 3.03. The zero-order chi connectivity index (χ0) is 16.4. The van der Waals surface area contributed by atoms with E-state index in [2.05, 4.69) is 10.1 Å². The van der Waals surface area contributed by atoms with E-state index in [4.69, 9.17) is 0 Å². The first kappa shape index (κ1) is 15.8. The number of H-pyrrole nitrogens is 1. The average Bonchev–Trinajstić information content (AvgIpc) is 2.84. The molecule has 118 valence electrons. The first-order valence-electron chi connectivity index (χ1n) is 6.99. The van der Waals surface area contributed by atoms with E-state index in [0.29, 0.717) is 11.4 Å². The van der Waals surface area contributed by atoms with Crippen molar-refractivity contribution in [2.24, 2.45) is 0 Å². The quantitative estimate of drug-likeness (QED) is 0.780. The monoisotopic (exact) mass is 305 g/mol. The molecule has 0 saturated heterocycles. The van der Waals surface area contributed by atoms with Crippen LogP contribution in [0.2, 0.25) is 0 Å². The highest BCUT2D eigenvalue weighted by molar-refractivity contribution is 5.69. The molecule has 0 bridgehead atoms. The largest absolute Gasteiger partial charge is 0.507 e. The van der Waals surface area contributed by atoms with Gasteiger partial charge in [0.2, 0.25) is 0 Å². The minimum absolute atomic E-state index is 0.00738. The maximum absolute atomic E-state index is 12.2. The molecule has 0 radical (unpaired) electrons. The summed E-state index contributed by atoms with van der Waals surface area (Å²) in [5.74, 6) is -2.03. The average molecular weight is 305 g/mol. The van der Waals surface area contributed by atoms with Crippen molar-refractivity contribution in [3.8, 4) is 5.75 Å². The maximum atomic E-state index is 12.2. The van der Waals surface area contributed by atoms with Gasteiger partial charge in [0.05, 0.1) is 12.0 Å². The van der Waals surface area contributed by atoms with Crippen LogP contribution >= 0.6 is 0 Å². The van der Waals surface area contributed by atoms with E-state index < -0.39 is 17.4 Å². The molecule has 0 aliphatic carbocycles. The fourth-order valence-corrected chi connectivity index (χ4v) is 2.58. The van der Waals surface area contributed by atoms with Crippen LogP contribution in [0, 0.1) is 6.92 Å². The zero-order valence-corrected chi connectivity index (χ0v) is 12.7. The Hall–Kier alpha value is -2.57. The van der Waals surface area contributed by atoms with Crippen molar-refractivity contribution in [2.75, 3.05) is 0 Å². The summed E-state index contributed by atoms with van der Waals surface area (Å²) in [7, 11) is 0. The van der Waals surface area contributed by atoms with Crippen LogP contribution in [0.25, 0.3) is 0 Å². The number of aromatic amines is 1. The van der Waals surface area contributed by atoms with Gasteiger partial charge in [0.25, 0.3) is 5.56 Å². The number of carboxylic acid groups (broad SMARTS) is 1. The standard InChI is InChI=1S/C15H19N3O4/c1-8(2)18-11(4-5-16-18)10(7-13(20)21)14-12(19)6-9(3)17-15(14)22/h4-6,8,10H,7H2,1-3H3,(H,20,21)(H2,17,19,22)/t10-/m1/s1. The molecule has 1 atom stereocenters. The summed E-state index contributed by atoms with van der Waals surface area (Å²) >= 11 is 0. The lowest BCUT2D eigenvalue weighted by Gasteiger charge is -2.19. The second-order valence-corrected chi connectivity index (χ2v) is 5.53. The summed E-state index contributed by atoms with van der Waals surface area (Å²) in [6.07, 6.45) is 1.25. The number of pyridine rings is 1. The molecule has 2 heterocycles. The highest BCUT2D eigenvalue weighted by atomic mass is 16.4. The molecule has 0 aromatic carbocycles. The molecule has 2 aromatic rings. The van der Waals surface area contributed by atoms with Crippen LogP contribution in [0.4, 0.5) is 0 Å². The summed E-state index contributed by atoms with van der Waals surface area (Å²) in [5, 5.41) is 23.5. The van der Waals surface area contributed by atoms with Gasteiger partial charge < -0.3 is 15.2 Å². The van der Waals surface area contributed by atoms with Gasteiger partial charge in [0.15, 0.2) is 0 Å². The molecule has 0 spiro atoms. The lowest BCUT2D eigenvalue weighted by atomic mass is 9.92. The smallest absolute Gasteiger partial charge is 0.304 e. The maximum Gasteiger partial charge on any atom is 0.304 e. The Kier molecular flexibility index (Phi) is 4.35. The van der Waals surface area contributed by atoms with E-state index in [9.17, 15) is 19.8 Å². The minimum atomic E-state index is -1.05. The van der Waals surface area contributed by atoms with Crippen LogP contribution in [-0.4, -0.2) is 30.9 Å². The zero-order valence-electron chi connectivity index (χ0n) is 12.7. The number of carboxylic acids is 1. The van der Waals surface area contributed by atoms with Crippen LogP contribution in [0.5, 0.6) is 5.75 Å². The van der Waals surface area contributed by atoms with Crippen molar-refractivity contribution in [3.05, 3.63) is 45.6 Å². The number of nitrogens with zero attached hydrogens (tertiary/aromatic N) is 2. The van der Waals surface area contributed by atoms with E-state index in [1.54, 1.807) is 23.9 Å². The lowest BCUT2D eigenvalue weighted by Crippen LogP contribution is -2.23. The van der Waals surface area contributed by atoms with E-state index in [1.165, 1.54) is 6.07 Å². The Morgan fingerprint density at radius 3 is 2.68 bits per heavy atom. The van der Waals surface area contributed by atoms with Gasteiger partial charge in [0, 0.05) is 29.5 Å². The summed E-state index contributed by atoms with van der Waals surface area (Å²) in [6, 6.07) is 3.10. The molecule has 0 aliphatic heterocycles. The Bertz CT molecular complexity index is 745. The van der Waals surface area contributed by atoms with Gasteiger partial charge in [-0.1, -0.05) is 0 Å². The molecule has 0 saturated carbocycles. The predicted molar refractivity (Wildman–Crippen MR) is 80.2 cm³/mol. The summed E-state index contributed by atoms with van der Waals surface area (Å²) < 4.78 is 1.66. The number of hydrogen-bond donors (Lipinski definition) is 3. The summed E-state index contributed by atoms with van der Waals surface area (Å²) in [4.78, 5) is 26.1. The second kappa shape index (κ2) is 6.05. The van der Waals surface area contributed by atoms with Crippen molar-refractivity contribution in [2.45, 2.75) is 39.2 Å². The minimum Gasteiger partial charge on any atom is -0.507 e. The van der Waals surface area contributed by atoms with Crippen LogP contribution in [-0.2, 0) is 4.79 Å². The number of hydrogen-bond acceptors (Lipinski definition) is 4. The third-order valence-electron chi connectivity index (χ3n) is 3.46. The van der Waals surface area contributed by atoms with Gasteiger partial charge in [-0.05, 0) is 32.9 Å². The van der Waals surface area contributed by atoms with E-state index in [1.807, 2.05) is 13.8 Å².